The molecule has 0 fully saturated rings. The van der Waals surface area contributed by atoms with E-state index < -0.39 is 5.76 Å². The molecule has 0 aliphatic carbocycles. The molecule has 2 aromatic carbocycles. The highest BCUT2D eigenvalue weighted by molar-refractivity contribution is 6.31. The van der Waals surface area contributed by atoms with Crippen LogP contribution >= 0.6 is 11.6 Å². The first-order valence-electron chi connectivity index (χ1n) is 6.99. The Bertz CT molecular complexity index is 1030. The summed E-state index contributed by atoms with van der Waals surface area (Å²) >= 11 is 6.00. The number of benzene rings is 2. The number of hydrogen-bond acceptors (Lipinski definition) is 4. The maximum atomic E-state index is 12.0. The SMILES string of the molecule is O=c1oc2ccc(Cl)cc2n1Cc1coc(-c2ccccc2)n1. The molecule has 0 saturated carbocycles. The zero-order valence-electron chi connectivity index (χ0n) is 11.9. The molecule has 114 valence electrons. The Hall–Kier alpha value is -2.79. The van der Waals surface area contributed by atoms with Crippen LogP contribution in [0.3, 0.4) is 0 Å². The topological polar surface area (TPSA) is 61.2 Å². The van der Waals surface area contributed by atoms with E-state index in [1.807, 2.05) is 30.3 Å². The molecule has 2 heterocycles. The average molecular weight is 327 g/mol. The summed E-state index contributed by atoms with van der Waals surface area (Å²) < 4.78 is 12.2. The summed E-state index contributed by atoms with van der Waals surface area (Å²) in [6.45, 7) is 0.252. The lowest BCUT2D eigenvalue weighted by Gasteiger charge is -1.98. The standard InChI is InChI=1S/C17H11ClN2O3/c18-12-6-7-15-14(8-12)20(17(21)23-15)9-13-10-22-16(19-13)11-4-2-1-3-5-11/h1-8,10H,9H2. The molecule has 5 nitrogen and oxygen atoms in total. The van der Waals surface area contributed by atoms with Gasteiger partial charge < -0.3 is 8.83 Å². The summed E-state index contributed by atoms with van der Waals surface area (Å²) in [6.07, 6.45) is 1.54. The molecule has 4 aromatic rings. The fourth-order valence-corrected chi connectivity index (χ4v) is 2.61. The van der Waals surface area contributed by atoms with Crippen LogP contribution in [0.4, 0.5) is 0 Å². The fourth-order valence-electron chi connectivity index (χ4n) is 2.44. The first kappa shape index (κ1) is 13.8. The van der Waals surface area contributed by atoms with Crippen molar-refractivity contribution in [2.45, 2.75) is 6.54 Å². The van der Waals surface area contributed by atoms with Crippen molar-refractivity contribution in [2.75, 3.05) is 0 Å². The van der Waals surface area contributed by atoms with E-state index in [1.165, 1.54) is 10.8 Å². The Kier molecular flexibility index (Phi) is 3.28. The van der Waals surface area contributed by atoms with Crippen molar-refractivity contribution >= 4 is 22.7 Å². The number of rotatable bonds is 3. The molecule has 2 aromatic heterocycles. The van der Waals surface area contributed by atoms with E-state index in [-0.39, 0.29) is 6.54 Å². The zero-order valence-corrected chi connectivity index (χ0v) is 12.7. The van der Waals surface area contributed by atoms with Gasteiger partial charge in [-0.15, -0.1) is 0 Å². The van der Waals surface area contributed by atoms with Gasteiger partial charge in [0.1, 0.15) is 6.26 Å². The quantitative estimate of drug-likeness (QED) is 0.572. The highest BCUT2D eigenvalue weighted by Gasteiger charge is 2.13. The maximum absolute atomic E-state index is 12.0. The van der Waals surface area contributed by atoms with Gasteiger partial charge in [-0.1, -0.05) is 29.8 Å². The lowest BCUT2D eigenvalue weighted by Crippen LogP contribution is -2.15. The molecular formula is C17H11ClN2O3. The van der Waals surface area contributed by atoms with Gasteiger partial charge in [-0.2, -0.15) is 0 Å². The van der Waals surface area contributed by atoms with Gasteiger partial charge in [0.25, 0.3) is 0 Å². The molecule has 0 amide bonds. The number of nitrogens with zero attached hydrogens (tertiary/aromatic N) is 2. The normalized spacial score (nSPS) is 11.2. The van der Waals surface area contributed by atoms with Crippen molar-refractivity contribution in [2.24, 2.45) is 0 Å². The lowest BCUT2D eigenvalue weighted by atomic mass is 10.2. The minimum Gasteiger partial charge on any atom is -0.444 e. The van der Waals surface area contributed by atoms with E-state index >= 15 is 0 Å². The van der Waals surface area contributed by atoms with Crippen LogP contribution in [0.25, 0.3) is 22.6 Å². The predicted molar refractivity (Wildman–Crippen MR) is 86.5 cm³/mol. The van der Waals surface area contributed by atoms with Crippen LogP contribution in [-0.2, 0) is 6.54 Å². The Morgan fingerprint density at radius 3 is 2.78 bits per heavy atom. The van der Waals surface area contributed by atoms with Gasteiger partial charge >= 0.3 is 5.76 Å². The number of oxazole rings is 2. The van der Waals surface area contributed by atoms with E-state index in [4.69, 9.17) is 20.4 Å². The van der Waals surface area contributed by atoms with Crippen molar-refractivity contribution in [3.63, 3.8) is 0 Å². The average Bonchev–Trinajstić information content (AvgIpc) is 3.15. The van der Waals surface area contributed by atoms with Crippen LogP contribution in [-0.4, -0.2) is 9.55 Å². The summed E-state index contributed by atoms with van der Waals surface area (Å²) in [7, 11) is 0. The van der Waals surface area contributed by atoms with Gasteiger partial charge in [0.15, 0.2) is 5.58 Å². The summed E-state index contributed by atoms with van der Waals surface area (Å²) in [5.74, 6) is 0.0611. The van der Waals surface area contributed by atoms with Crippen LogP contribution in [0.2, 0.25) is 5.02 Å². The van der Waals surface area contributed by atoms with Gasteiger partial charge in [-0.25, -0.2) is 9.78 Å². The Morgan fingerprint density at radius 1 is 1.13 bits per heavy atom. The molecule has 0 aliphatic rings. The van der Waals surface area contributed by atoms with E-state index in [2.05, 4.69) is 4.98 Å². The van der Waals surface area contributed by atoms with Crippen LogP contribution in [0.15, 0.2) is 68.4 Å². The van der Waals surface area contributed by atoms with Gasteiger partial charge in [0, 0.05) is 10.6 Å². The summed E-state index contributed by atoms with van der Waals surface area (Å²) in [5, 5.41) is 0.539. The monoisotopic (exact) mass is 326 g/mol. The molecular weight excluding hydrogens is 316 g/mol. The third kappa shape index (κ3) is 2.55. The Morgan fingerprint density at radius 2 is 1.96 bits per heavy atom. The number of halogens is 1. The molecule has 23 heavy (non-hydrogen) atoms. The second kappa shape index (κ2) is 5.44. The zero-order chi connectivity index (χ0) is 15.8. The molecule has 0 spiro atoms. The Labute approximate surface area is 135 Å². The highest BCUT2D eigenvalue weighted by Crippen LogP contribution is 2.21. The summed E-state index contributed by atoms with van der Waals surface area (Å²) in [5.41, 5.74) is 2.64. The molecule has 4 rings (SSSR count). The predicted octanol–water partition coefficient (Wildman–Crippen LogP) is 3.95. The van der Waals surface area contributed by atoms with Crippen molar-refractivity contribution in [1.82, 2.24) is 9.55 Å². The molecule has 0 radical (unpaired) electrons. The van der Waals surface area contributed by atoms with E-state index in [0.717, 1.165) is 5.56 Å². The molecule has 0 unspecified atom stereocenters. The van der Waals surface area contributed by atoms with Crippen molar-refractivity contribution in [1.29, 1.82) is 0 Å². The largest absolute Gasteiger partial charge is 0.444 e. The van der Waals surface area contributed by atoms with Crippen LogP contribution in [0, 0.1) is 0 Å². The second-order valence-electron chi connectivity index (χ2n) is 5.08. The first-order chi connectivity index (χ1) is 11.2. The van der Waals surface area contributed by atoms with Crippen LogP contribution in [0.1, 0.15) is 5.69 Å². The molecule has 0 N–H and O–H groups in total. The van der Waals surface area contributed by atoms with Crippen molar-refractivity contribution in [3.8, 4) is 11.5 Å². The molecule has 0 aliphatic heterocycles. The molecule has 0 atom stereocenters. The van der Waals surface area contributed by atoms with Gasteiger partial charge in [-0.05, 0) is 30.3 Å². The van der Waals surface area contributed by atoms with Crippen LogP contribution in [0.5, 0.6) is 0 Å². The lowest BCUT2D eigenvalue weighted by molar-refractivity contribution is 0.515. The van der Waals surface area contributed by atoms with Gasteiger partial charge in [0.2, 0.25) is 5.89 Å². The smallest absolute Gasteiger partial charge is 0.420 e. The summed E-state index contributed by atoms with van der Waals surface area (Å²) in [4.78, 5) is 16.5. The van der Waals surface area contributed by atoms with Gasteiger partial charge in [-0.3, -0.25) is 4.57 Å². The molecule has 0 bridgehead atoms. The molecule has 0 saturated heterocycles. The van der Waals surface area contributed by atoms with Crippen molar-refractivity contribution < 1.29 is 8.83 Å². The summed E-state index contributed by atoms with van der Waals surface area (Å²) in [6, 6.07) is 14.6. The first-order valence-corrected chi connectivity index (χ1v) is 7.37. The third-order valence-electron chi connectivity index (χ3n) is 3.52. The van der Waals surface area contributed by atoms with Crippen molar-refractivity contribution in [3.05, 3.63) is 76.1 Å². The Balaban J connectivity index is 1.72. The van der Waals surface area contributed by atoms with E-state index in [9.17, 15) is 4.79 Å². The van der Waals surface area contributed by atoms with Crippen LogP contribution < -0.4 is 5.76 Å². The maximum Gasteiger partial charge on any atom is 0.420 e. The molecule has 6 heteroatoms. The minimum atomic E-state index is -0.452. The van der Waals surface area contributed by atoms with E-state index in [1.54, 1.807) is 18.2 Å². The number of hydrogen-bond donors (Lipinski definition) is 0. The van der Waals surface area contributed by atoms with Gasteiger partial charge in [0.05, 0.1) is 17.8 Å². The minimum absolute atomic E-state index is 0.252. The third-order valence-corrected chi connectivity index (χ3v) is 3.76. The highest BCUT2D eigenvalue weighted by atomic mass is 35.5. The fraction of sp³-hybridized carbons (Fsp3) is 0.0588. The van der Waals surface area contributed by atoms with E-state index in [0.29, 0.717) is 27.7 Å². The number of aromatic nitrogens is 2. The number of fused-ring (bicyclic) bond motifs is 1. The second-order valence-corrected chi connectivity index (χ2v) is 5.51.